The first-order chi connectivity index (χ1) is 22.8. The van der Waals surface area contributed by atoms with Gasteiger partial charge in [0.15, 0.2) is 23.6 Å². The highest BCUT2D eigenvalue weighted by atomic mass is 16.6. The molecular formula is C36H40N2O10. The highest BCUT2D eigenvalue weighted by Gasteiger charge is 2.42. The number of hydrogen-bond acceptors (Lipinski definition) is 11. The molecule has 0 bridgehead atoms. The molecule has 1 fully saturated rings. The van der Waals surface area contributed by atoms with Gasteiger partial charge >= 0.3 is 23.9 Å². The van der Waals surface area contributed by atoms with Gasteiger partial charge in [-0.15, -0.1) is 0 Å². The number of aryl methyl sites for hydroxylation is 3. The second kappa shape index (κ2) is 15.6. The number of amides is 1. The second-order valence-corrected chi connectivity index (χ2v) is 12.0. The fourth-order valence-electron chi connectivity index (χ4n) is 5.47. The summed E-state index contributed by atoms with van der Waals surface area (Å²) < 4.78 is 28.0. The maximum Gasteiger partial charge on any atom is 0.344 e. The maximum absolute atomic E-state index is 13.6. The van der Waals surface area contributed by atoms with Crippen molar-refractivity contribution in [2.75, 3.05) is 13.7 Å². The van der Waals surface area contributed by atoms with Crippen molar-refractivity contribution in [3.8, 4) is 11.5 Å². The molecule has 0 saturated carbocycles. The molecule has 0 radical (unpaired) electrons. The molecule has 2 aromatic carbocycles. The maximum atomic E-state index is 13.6. The molecule has 2 heterocycles. The van der Waals surface area contributed by atoms with Crippen LogP contribution in [-0.4, -0.2) is 66.7 Å². The van der Waals surface area contributed by atoms with Crippen LogP contribution < -0.4 is 14.8 Å². The molecule has 1 N–H and O–H groups in total. The number of nitrogens with one attached hydrogen (secondary N) is 1. The van der Waals surface area contributed by atoms with Gasteiger partial charge in [0.25, 0.3) is 5.91 Å². The van der Waals surface area contributed by atoms with Crippen molar-refractivity contribution in [1.82, 2.24) is 10.3 Å². The van der Waals surface area contributed by atoms with E-state index in [1.54, 1.807) is 39.8 Å². The normalized spacial score (nSPS) is 19.6. The lowest BCUT2D eigenvalue weighted by Gasteiger charge is -2.29. The fraction of sp³-hybridized carbons (Fsp3) is 0.389. The van der Waals surface area contributed by atoms with E-state index in [9.17, 15) is 24.0 Å². The van der Waals surface area contributed by atoms with Gasteiger partial charge in [-0.3, -0.25) is 14.4 Å². The summed E-state index contributed by atoms with van der Waals surface area (Å²) in [5.74, 6) is -5.70. The molecule has 4 rings (SSSR count). The first kappa shape index (κ1) is 35.6. The van der Waals surface area contributed by atoms with Crippen LogP contribution in [0.5, 0.6) is 11.5 Å². The lowest BCUT2D eigenvalue weighted by atomic mass is 9.91. The Balaban J connectivity index is 1.61. The predicted octanol–water partition coefficient (Wildman–Crippen LogP) is 4.25. The van der Waals surface area contributed by atoms with E-state index in [2.05, 4.69) is 10.3 Å². The number of pyridine rings is 1. The van der Waals surface area contributed by atoms with Crippen molar-refractivity contribution in [3.63, 3.8) is 0 Å². The van der Waals surface area contributed by atoms with Crippen LogP contribution in [0.2, 0.25) is 0 Å². The molecule has 1 amide bonds. The van der Waals surface area contributed by atoms with Crippen LogP contribution in [0.1, 0.15) is 63.9 Å². The lowest BCUT2D eigenvalue weighted by Crippen LogP contribution is -2.47. The zero-order valence-electron chi connectivity index (χ0n) is 28.0. The summed E-state index contributed by atoms with van der Waals surface area (Å²) in [5.41, 5.74) is 3.06. The molecule has 1 aliphatic rings. The van der Waals surface area contributed by atoms with Crippen molar-refractivity contribution >= 4 is 29.8 Å². The molecule has 0 aliphatic carbocycles. The monoisotopic (exact) mass is 660 g/mol. The average Bonchev–Trinajstić information content (AvgIpc) is 3.06. The van der Waals surface area contributed by atoms with Crippen molar-refractivity contribution in [2.45, 2.75) is 66.2 Å². The Hall–Kier alpha value is -5.26. The quantitative estimate of drug-likeness (QED) is 0.259. The van der Waals surface area contributed by atoms with Crippen molar-refractivity contribution < 1.29 is 47.7 Å². The van der Waals surface area contributed by atoms with Gasteiger partial charge in [0, 0.05) is 12.3 Å². The van der Waals surface area contributed by atoms with Crippen LogP contribution in [0.25, 0.3) is 0 Å². The third-order valence-corrected chi connectivity index (χ3v) is 7.85. The molecule has 48 heavy (non-hydrogen) atoms. The molecule has 12 heteroatoms. The predicted molar refractivity (Wildman–Crippen MR) is 173 cm³/mol. The molecule has 4 atom stereocenters. The summed E-state index contributed by atoms with van der Waals surface area (Å²) in [6, 6.07) is 12.7. The van der Waals surface area contributed by atoms with E-state index in [1.165, 1.54) is 26.3 Å². The molecule has 12 nitrogen and oxygen atoms in total. The number of aromatic nitrogens is 1. The van der Waals surface area contributed by atoms with Gasteiger partial charge in [-0.2, -0.15) is 0 Å². The van der Waals surface area contributed by atoms with Gasteiger partial charge < -0.3 is 29.0 Å². The van der Waals surface area contributed by atoms with E-state index in [0.29, 0.717) is 16.7 Å². The van der Waals surface area contributed by atoms with E-state index in [4.69, 9.17) is 23.7 Å². The Labute approximate surface area is 279 Å². The van der Waals surface area contributed by atoms with Crippen LogP contribution in [0.3, 0.4) is 0 Å². The Morgan fingerprint density at radius 1 is 1.00 bits per heavy atom. The number of esters is 4. The number of carbonyl (C=O) groups excluding carboxylic acids is 5. The number of cyclic esters (lactones) is 2. The number of benzene rings is 2. The molecule has 3 aromatic rings. The largest absolute Gasteiger partial charge is 0.493 e. The topological polar surface area (TPSA) is 156 Å². The minimum absolute atomic E-state index is 0.0431. The summed E-state index contributed by atoms with van der Waals surface area (Å²) in [7, 11) is 1.33. The molecule has 0 spiro atoms. The van der Waals surface area contributed by atoms with Gasteiger partial charge in [-0.25, -0.2) is 14.6 Å². The fourth-order valence-corrected chi connectivity index (χ4v) is 5.47. The number of ether oxygens (including phenoxy) is 5. The second-order valence-electron chi connectivity index (χ2n) is 12.0. The first-order valence-electron chi connectivity index (χ1n) is 15.6. The third kappa shape index (κ3) is 8.36. The van der Waals surface area contributed by atoms with Crippen LogP contribution in [0.15, 0.2) is 54.7 Å². The summed E-state index contributed by atoms with van der Waals surface area (Å²) in [4.78, 5) is 70.7. The van der Waals surface area contributed by atoms with Crippen LogP contribution >= 0.6 is 0 Å². The zero-order chi connectivity index (χ0) is 35.1. The number of methoxy groups -OCH3 is 1. The average molecular weight is 661 g/mol. The summed E-state index contributed by atoms with van der Waals surface area (Å²) in [6.45, 7) is 9.65. The molecule has 254 valence electrons. The number of hydrogen-bond donors (Lipinski definition) is 1. The van der Waals surface area contributed by atoms with Gasteiger partial charge in [0.2, 0.25) is 5.75 Å². The van der Waals surface area contributed by atoms with Gasteiger partial charge in [0.1, 0.15) is 18.6 Å². The van der Waals surface area contributed by atoms with E-state index in [0.717, 1.165) is 11.1 Å². The Kier molecular flexibility index (Phi) is 11.5. The molecule has 1 aliphatic heterocycles. The Bertz CT molecular complexity index is 1660. The highest BCUT2D eigenvalue weighted by Crippen LogP contribution is 2.32. The van der Waals surface area contributed by atoms with Crippen molar-refractivity contribution in [2.24, 2.45) is 11.8 Å². The minimum atomic E-state index is -1.49. The highest BCUT2D eigenvalue weighted by molar-refractivity contribution is 6.01. The smallest absolute Gasteiger partial charge is 0.344 e. The van der Waals surface area contributed by atoms with Crippen molar-refractivity contribution in [1.29, 1.82) is 0 Å². The molecule has 1 saturated heterocycles. The standard InChI is InChI=1S/C36H40N2O10/c1-19(2)33(40)47-30-23(6)46-35(42)26(18-45-34(41)25(30)17-24-11-9-8-10-12-24)38-32(39)29-31(27(44-7)13-14-37-29)48-36(43)28-21(4)15-20(3)16-22(28)5/h8-16,19,23,25-26,30H,17-18H2,1-7H3,(H,38,39). The molecular weight excluding hydrogens is 620 g/mol. The van der Waals surface area contributed by atoms with E-state index < -0.39 is 66.5 Å². The number of carbonyl (C=O) groups is 5. The first-order valence-corrected chi connectivity index (χ1v) is 15.6. The summed E-state index contributed by atoms with van der Waals surface area (Å²) in [6.07, 6.45) is -0.854. The molecule has 1 aromatic heterocycles. The van der Waals surface area contributed by atoms with E-state index in [-0.39, 0.29) is 23.6 Å². The number of nitrogens with zero attached hydrogens (tertiary/aromatic N) is 1. The van der Waals surface area contributed by atoms with Gasteiger partial charge in [0.05, 0.1) is 18.6 Å². The minimum Gasteiger partial charge on any atom is -0.493 e. The Morgan fingerprint density at radius 3 is 2.29 bits per heavy atom. The van der Waals surface area contributed by atoms with Crippen molar-refractivity contribution in [3.05, 3.63) is 88.2 Å². The summed E-state index contributed by atoms with van der Waals surface area (Å²) in [5, 5.41) is 2.49. The Morgan fingerprint density at radius 2 is 1.67 bits per heavy atom. The lowest BCUT2D eigenvalue weighted by molar-refractivity contribution is -0.176. The number of rotatable bonds is 9. The SMILES string of the molecule is COc1ccnc(C(=O)NC2COC(=O)C(Cc3ccccc3)C(OC(=O)C(C)C)C(C)OC2=O)c1OC(=O)c1c(C)cc(C)cc1C. The van der Waals surface area contributed by atoms with E-state index in [1.807, 2.05) is 37.3 Å². The van der Waals surface area contributed by atoms with Gasteiger partial charge in [-0.05, 0) is 50.8 Å². The zero-order valence-corrected chi connectivity index (χ0v) is 28.0. The van der Waals surface area contributed by atoms with Crippen LogP contribution in [-0.2, 0) is 35.0 Å². The van der Waals surface area contributed by atoms with Gasteiger partial charge in [-0.1, -0.05) is 61.9 Å². The van der Waals surface area contributed by atoms with Crippen LogP contribution in [0.4, 0.5) is 0 Å². The van der Waals surface area contributed by atoms with E-state index >= 15 is 0 Å². The third-order valence-electron chi connectivity index (χ3n) is 7.85. The van der Waals surface area contributed by atoms with Crippen LogP contribution in [0, 0.1) is 32.6 Å². The molecule has 4 unspecified atom stereocenters. The summed E-state index contributed by atoms with van der Waals surface area (Å²) >= 11 is 0.